The molecule has 0 saturated heterocycles. The number of nitrogens with two attached hydrogens (primary N) is 1. The van der Waals surface area contributed by atoms with Crippen molar-refractivity contribution in [2.45, 2.75) is 13.0 Å². The van der Waals surface area contributed by atoms with E-state index in [9.17, 15) is 4.79 Å². The Bertz CT molecular complexity index is 622. The highest BCUT2D eigenvalue weighted by molar-refractivity contribution is 5.97. The van der Waals surface area contributed by atoms with E-state index in [2.05, 4.69) is 10.3 Å². The zero-order valence-electron chi connectivity index (χ0n) is 12.5. The predicted octanol–water partition coefficient (Wildman–Crippen LogP) is 2.09. The molecule has 0 spiro atoms. The fraction of sp³-hybridized carbons (Fsp3) is 0.250. The van der Waals surface area contributed by atoms with Gasteiger partial charge in [0.25, 0.3) is 0 Å². The monoisotopic (exact) mass is 284 g/mol. The number of benzene rings is 1. The number of hydrogen-bond donors (Lipinski definition) is 2. The number of nitrogens with one attached hydrogen (secondary N) is 1. The number of anilines is 2. The van der Waals surface area contributed by atoms with Gasteiger partial charge in [-0.15, -0.1) is 0 Å². The number of amides is 1. The van der Waals surface area contributed by atoms with Crippen LogP contribution >= 0.6 is 0 Å². The van der Waals surface area contributed by atoms with Gasteiger partial charge in [0.1, 0.15) is 6.04 Å². The summed E-state index contributed by atoms with van der Waals surface area (Å²) in [5, 5.41) is 2.84. The van der Waals surface area contributed by atoms with Crippen LogP contribution in [0.5, 0.6) is 0 Å². The molecule has 2 aromatic rings. The Hall–Kier alpha value is -2.40. The van der Waals surface area contributed by atoms with Crippen molar-refractivity contribution in [1.29, 1.82) is 0 Å². The Morgan fingerprint density at radius 3 is 2.52 bits per heavy atom. The van der Waals surface area contributed by atoms with Crippen molar-refractivity contribution < 1.29 is 4.79 Å². The molecule has 1 atom stereocenters. The summed E-state index contributed by atoms with van der Waals surface area (Å²) >= 11 is 0. The normalized spacial score (nSPS) is 11.8. The molecule has 0 radical (unpaired) electrons. The lowest BCUT2D eigenvalue weighted by Crippen LogP contribution is -2.28. The van der Waals surface area contributed by atoms with Crippen LogP contribution in [0.1, 0.15) is 17.2 Å². The second-order valence-corrected chi connectivity index (χ2v) is 5.15. The standard InChI is InChI=1S/C16H20N4O/c1-11-6-8-12(9-7-11)14(17)16(21)19-13-5-4-10-18-15(13)20(2)3/h4-10,14H,17H2,1-3H3,(H,19,21). The first-order chi connectivity index (χ1) is 9.99. The molecule has 1 aromatic carbocycles. The molecule has 0 fully saturated rings. The Labute approximate surface area is 124 Å². The minimum atomic E-state index is -0.708. The van der Waals surface area contributed by atoms with E-state index in [4.69, 9.17) is 5.73 Å². The van der Waals surface area contributed by atoms with Gasteiger partial charge in [0.05, 0.1) is 5.69 Å². The number of nitrogens with zero attached hydrogens (tertiary/aromatic N) is 2. The molecule has 110 valence electrons. The van der Waals surface area contributed by atoms with Crippen LogP contribution in [0.15, 0.2) is 42.6 Å². The molecule has 0 aliphatic heterocycles. The van der Waals surface area contributed by atoms with E-state index in [0.29, 0.717) is 11.5 Å². The molecule has 1 unspecified atom stereocenters. The molecule has 5 heteroatoms. The number of hydrogen-bond acceptors (Lipinski definition) is 4. The van der Waals surface area contributed by atoms with E-state index in [-0.39, 0.29) is 5.91 Å². The van der Waals surface area contributed by atoms with Crippen molar-refractivity contribution in [3.63, 3.8) is 0 Å². The number of aromatic nitrogens is 1. The van der Waals surface area contributed by atoms with Gasteiger partial charge >= 0.3 is 0 Å². The topological polar surface area (TPSA) is 71.2 Å². The lowest BCUT2D eigenvalue weighted by atomic mass is 10.1. The van der Waals surface area contributed by atoms with Crippen LogP contribution in [-0.4, -0.2) is 25.0 Å². The van der Waals surface area contributed by atoms with Gasteiger partial charge in [-0.1, -0.05) is 29.8 Å². The largest absolute Gasteiger partial charge is 0.361 e. The van der Waals surface area contributed by atoms with Crippen LogP contribution in [0.3, 0.4) is 0 Å². The van der Waals surface area contributed by atoms with Gasteiger partial charge in [0, 0.05) is 20.3 Å². The van der Waals surface area contributed by atoms with Gasteiger partial charge in [0.2, 0.25) is 5.91 Å². The van der Waals surface area contributed by atoms with Gasteiger partial charge < -0.3 is 16.0 Å². The number of rotatable bonds is 4. The zero-order valence-corrected chi connectivity index (χ0v) is 12.5. The average molecular weight is 284 g/mol. The minimum absolute atomic E-state index is 0.255. The van der Waals surface area contributed by atoms with E-state index >= 15 is 0 Å². The lowest BCUT2D eigenvalue weighted by molar-refractivity contribution is -0.117. The Morgan fingerprint density at radius 1 is 1.24 bits per heavy atom. The van der Waals surface area contributed by atoms with Crippen molar-refractivity contribution in [1.82, 2.24) is 4.98 Å². The molecule has 3 N–H and O–H groups in total. The van der Waals surface area contributed by atoms with Crippen molar-refractivity contribution in [3.05, 3.63) is 53.7 Å². The molecule has 0 bridgehead atoms. The predicted molar refractivity (Wildman–Crippen MR) is 85.3 cm³/mol. The number of carbonyl (C=O) groups is 1. The summed E-state index contributed by atoms with van der Waals surface area (Å²) in [5.41, 5.74) is 8.58. The minimum Gasteiger partial charge on any atom is -0.361 e. The summed E-state index contributed by atoms with van der Waals surface area (Å²) < 4.78 is 0. The van der Waals surface area contributed by atoms with E-state index in [1.54, 1.807) is 12.3 Å². The SMILES string of the molecule is Cc1ccc(C(N)C(=O)Nc2cccnc2N(C)C)cc1. The van der Waals surface area contributed by atoms with Crippen LogP contribution in [0.2, 0.25) is 0 Å². The smallest absolute Gasteiger partial charge is 0.245 e. The van der Waals surface area contributed by atoms with Gasteiger partial charge in [-0.2, -0.15) is 0 Å². The number of carbonyl (C=O) groups excluding carboxylic acids is 1. The summed E-state index contributed by atoms with van der Waals surface area (Å²) in [5.74, 6) is 0.442. The third-order valence-electron chi connectivity index (χ3n) is 3.19. The van der Waals surface area contributed by atoms with Crippen molar-refractivity contribution in [3.8, 4) is 0 Å². The second-order valence-electron chi connectivity index (χ2n) is 5.15. The Kier molecular flexibility index (Phi) is 4.55. The molecule has 0 aliphatic rings. The zero-order chi connectivity index (χ0) is 15.4. The van der Waals surface area contributed by atoms with Gasteiger partial charge in [0.15, 0.2) is 5.82 Å². The number of aryl methyl sites for hydroxylation is 1. The summed E-state index contributed by atoms with van der Waals surface area (Å²) in [6.45, 7) is 1.99. The van der Waals surface area contributed by atoms with E-state index in [0.717, 1.165) is 11.1 Å². The molecular weight excluding hydrogens is 264 g/mol. The number of pyridine rings is 1. The van der Waals surface area contributed by atoms with Crippen molar-refractivity contribution in [2.75, 3.05) is 24.3 Å². The van der Waals surface area contributed by atoms with Crippen LogP contribution in [0.25, 0.3) is 0 Å². The summed E-state index contributed by atoms with van der Waals surface area (Å²) in [4.78, 5) is 18.4. The molecule has 1 heterocycles. The summed E-state index contributed by atoms with van der Waals surface area (Å²) in [6.07, 6.45) is 1.69. The highest BCUT2D eigenvalue weighted by Crippen LogP contribution is 2.22. The maximum absolute atomic E-state index is 12.3. The Balaban J connectivity index is 2.16. The third kappa shape index (κ3) is 3.58. The summed E-state index contributed by atoms with van der Waals surface area (Å²) in [7, 11) is 3.75. The molecule has 1 aromatic heterocycles. The maximum atomic E-state index is 12.3. The van der Waals surface area contributed by atoms with Crippen molar-refractivity contribution >= 4 is 17.4 Å². The van der Waals surface area contributed by atoms with Crippen LogP contribution in [0, 0.1) is 6.92 Å². The quantitative estimate of drug-likeness (QED) is 0.902. The summed E-state index contributed by atoms with van der Waals surface area (Å²) in [6, 6.07) is 10.5. The van der Waals surface area contributed by atoms with Crippen LogP contribution in [-0.2, 0) is 4.79 Å². The van der Waals surface area contributed by atoms with Crippen LogP contribution < -0.4 is 16.0 Å². The van der Waals surface area contributed by atoms with Gasteiger partial charge in [-0.3, -0.25) is 4.79 Å². The molecular formula is C16H20N4O. The van der Waals surface area contributed by atoms with Gasteiger partial charge in [-0.05, 0) is 24.6 Å². The van der Waals surface area contributed by atoms with Crippen molar-refractivity contribution in [2.24, 2.45) is 5.73 Å². The lowest BCUT2D eigenvalue weighted by Gasteiger charge is -2.18. The van der Waals surface area contributed by atoms with E-state index in [1.807, 2.05) is 56.3 Å². The van der Waals surface area contributed by atoms with E-state index in [1.165, 1.54) is 0 Å². The molecule has 0 saturated carbocycles. The van der Waals surface area contributed by atoms with E-state index < -0.39 is 6.04 Å². The average Bonchev–Trinajstić information content (AvgIpc) is 2.47. The molecule has 21 heavy (non-hydrogen) atoms. The second kappa shape index (κ2) is 6.37. The molecule has 0 aliphatic carbocycles. The molecule has 2 rings (SSSR count). The molecule has 5 nitrogen and oxygen atoms in total. The first-order valence-electron chi connectivity index (χ1n) is 6.74. The third-order valence-corrected chi connectivity index (χ3v) is 3.19. The van der Waals surface area contributed by atoms with Gasteiger partial charge in [-0.25, -0.2) is 4.98 Å². The van der Waals surface area contributed by atoms with Crippen LogP contribution in [0.4, 0.5) is 11.5 Å². The highest BCUT2D eigenvalue weighted by atomic mass is 16.2. The first kappa shape index (κ1) is 15.0. The maximum Gasteiger partial charge on any atom is 0.245 e. The first-order valence-corrected chi connectivity index (χ1v) is 6.74. The Morgan fingerprint density at radius 2 is 1.90 bits per heavy atom. The fourth-order valence-electron chi connectivity index (χ4n) is 1.99. The highest BCUT2D eigenvalue weighted by Gasteiger charge is 2.17. The fourth-order valence-corrected chi connectivity index (χ4v) is 1.99. The molecule has 1 amide bonds.